The van der Waals surface area contributed by atoms with Crippen molar-refractivity contribution in [3.63, 3.8) is 0 Å². The van der Waals surface area contributed by atoms with E-state index in [1.165, 1.54) is 12.1 Å². The van der Waals surface area contributed by atoms with Gasteiger partial charge in [-0.15, -0.1) is 0 Å². The Morgan fingerprint density at radius 1 is 1.19 bits per heavy atom. The topological polar surface area (TPSA) is 74.7 Å². The molecule has 176 valence electrons. The Labute approximate surface area is 187 Å². The van der Waals surface area contributed by atoms with Crippen LogP contribution in [0.25, 0.3) is 0 Å². The summed E-state index contributed by atoms with van der Waals surface area (Å²) < 4.78 is 54.8. The monoisotopic (exact) mass is 477 g/mol. The molecule has 0 aromatic heterocycles. The van der Waals surface area contributed by atoms with Crippen LogP contribution in [0, 0.1) is 23.6 Å². The lowest BCUT2D eigenvalue weighted by molar-refractivity contribution is -0.200. The molecule has 2 aliphatic rings. The van der Waals surface area contributed by atoms with Gasteiger partial charge in [0.05, 0.1) is 11.8 Å². The van der Waals surface area contributed by atoms with Crippen molar-refractivity contribution in [1.82, 2.24) is 4.90 Å². The Kier molecular flexibility index (Phi) is 7.47. The number of alkyl halides is 3. The van der Waals surface area contributed by atoms with Gasteiger partial charge in [0.15, 0.2) is 0 Å². The summed E-state index contributed by atoms with van der Waals surface area (Å²) in [7, 11) is 0. The molecule has 0 radical (unpaired) electrons. The van der Waals surface area contributed by atoms with Crippen LogP contribution in [-0.4, -0.2) is 40.0 Å². The molecule has 1 aromatic carbocycles. The van der Waals surface area contributed by atoms with Gasteiger partial charge in [0, 0.05) is 11.4 Å². The molecule has 1 saturated heterocycles. The van der Waals surface area contributed by atoms with Crippen molar-refractivity contribution < 1.29 is 37.1 Å². The molecule has 5 nitrogen and oxygen atoms in total. The number of hydrogen-bond acceptors (Lipinski definition) is 3. The average Bonchev–Trinajstić information content (AvgIpc) is 2.72. The number of carbonyl (C=O) groups excluding carboxylic acids is 2. The van der Waals surface area contributed by atoms with Gasteiger partial charge >= 0.3 is 12.1 Å². The fourth-order valence-corrected chi connectivity index (χ4v) is 5.00. The third-order valence-corrected chi connectivity index (χ3v) is 6.74. The fraction of sp³-hybridized carbons (Fsp3) is 0.591. The zero-order valence-electron chi connectivity index (χ0n) is 17.2. The van der Waals surface area contributed by atoms with Crippen molar-refractivity contribution in [1.29, 1.82) is 0 Å². The highest BCUT2D eigenvalue weighted by Gasteiger charge is 2.56. The molecular formula is C22H24ClF4NO4. The molecule has 1 aliphatic heterocycles. The van der Waals surface area contributed by atoms with Crippen LogP contribution in [0.5, 0.6) is 0 Å². The predicted molar refractivity (Wildman–Crippen MR) is 107 cm³/mol. The first-order chi connectivity index (χ1) is 15.0. The largest absolute Gasteiger partial charge is 0.480 e. The molecule has 1 heterocycles. The predicted octanol–water partition coefficient (Wildman–Crippen LogP) is 5.00. The van der Waals surface area contributed by atoms with Gasteiger partial charge in [-0.25, -0.2) is 9.18 Å². The number of benzene rings is 1. The number of imide groups is 1. The molecule has 0 spiro atoms. The van der Waals surface area contributed by atoms with Gasteiger partial charge in [0.1, 0.15) is 11.9 Å². The van der Waals surface area contributed by atoms with Crippen LogP contribution in [0.2, 0.25) is 5.02 Å². The number of likely N-dealkylation sites (tertiary alicyclic amines) is 1. The molecule has 10 heteroatoms. The van der Waals surface area contributed by atoms with E-state index in [1.54, 1.807) is 0 Å². The number of carbonyl (C=O) groups is 3. The highest BCUT2D eigenvalue weighted by Crippen LogP contribution is 2.43. The second kappa shape index (κ2) is 9.77. The smallest absolute Gasteiger partial charge is 0.392 e. The molecule has 2 fully saturated rings. The molecule has 32 heavy (non-hydrogen) atoms. The number of β-lactam (4-membered cyclic amide) rings is 1. The third-order valence-electron chi connectivity index (χ3n) is 6.50. The van der Waals surface area contributed by atoms with Crippen molar-refractivity contribution in [2.24, 2.45) is 17.8 Å². The number of aliphatic carboxylic acids is 1. The SMILES string of the molecule is O=C(O)[C@@H]1[C@@H](CCc2cc(Cl)ccc2F)C(=O)N1C(=O)C[C@@H](C1CCCCC1)C(F)(F)F. The molecule has 1 aromatic rings. The summed E-state index contributed by atoms with van der Waals surface area (Å²) in [6.07, 6.45) is -2.79. The maximum atomic E-state index is 13.9. The summed E-state index contributed by atoms with van der Waals surface area (Å²) in [4.78, 5) is 37.3. The summed E-state index contributed by atoms with van der Waals surface area (Å²) in [5.41, 5.74) is 0.189. The van der Waals surface area contributed by atoms with E-state index in [1.807, 2.05) is 0 Å². The van der Waals surface area contributed by atoms with Crippen molar-refractivity contribution in [3.8, 4) is 0 Å². The quantitative estimate of drug-likeness (QED) is 0.443. The van der Waals surface area contributed by atoms with Gasteiger partial charge in [-0.1, -0.05) is 30.9 Å². The van der Waals surface area contributed by atoms with Gasteiger partial charge in [0.2, 0.25) is 11.8 Å². The van der Waals surface area contributed by atoms with Crippen LogP contribution < -0.4 is 0 Å². The minimum atomic E-state index is -4.62. The Hall–Kier alpha value is -2.16. The summed E-state index contributed by atoms with van der Waals surface area (Å²) in [5.74, 6) is -7.74. The second-order valence-corrected chi connectivity index (χ2v) is 8.95. The van der Waals surface area contributed by atoms with Crippen LogP contribution in [0.1, 0.15) is 50.5 Å². The van der Waals surface area contributed by atoms with Gasteiger partial charge in [-0.05, 0) is 55.4 Å². The van der Waals surface area contributed by atoms with Gasteiger partial charge in [0.25, 0.3) is 0 Å². The number of carboxylic acid groups (broad SMARTS) is 1. The van der Waals surface area contributed by atoms with Gasteiger partial charge < -0.3 is 5.11 Å². The highest BCUT2D eigenvalue weighted by atomic mass is 35.5. The van der Waals surface area contributed by atoms with Gasteiger partial charge in [-0.2, -0.15) is 13.2 Å². The average molecular weight is 478 g/mol. The number of nitrogens with zero attached hydrogens (tertiary/aromatic N) is 1. The fourth-order valence-electron chi connectivity index (χ4n) is 4.81. The molecule has 1 aliphatic carbocycles. The van der Waals surface area contributed by atoms with Gasteiger partial charge in [-0.3, -0.25) is 14.5 Å². The van der Waals surface area contributed by atoms with E-state index >= 15 is 0 Å². The Balaban J connectivity index is 1.70. The summed E-state index contributed by atoms with van der Waals surface area (Å²) in [5, 5.41) is 9.79. The van der Waals surface area contributed by atoms with Crippen LogP contribution in [-0.2, 0) is 20.8 Å². The van der Waals surface area contributed by atoms with Crippen molar-refractivity contribution in [3.05, 3.63) is 34.6 Å². The first-order valence-corrected chi connectivity index (χ1v) is 11.0. The van der Waals surface area contributed by atoms with E-state index in [9.17, 15) is 37.1 Å². The van der Waals surface area contributed by atoms with Crippen LogP contribution in [0.4, 0.5) is 17.6 Å². The number of amides is 2. The lowest BCUT2D eigenvalue weighted by atomic mass is 9.77. The molecule has 0 bridgehead atoms. The van der Waals surface area contributed by atoms with E-state index in [4.69, 9.17) is 11.6 Å². The maximum Gasteiger partial charge on any atom is 0.392 e. The number of rotatable bonds is 7. The Morgan fingerprint density at radius 2 is 1.84 bits per heavy atom. The zero-order valence-corrected chi connectivity index (χ0v) is 18.0. The zero-order chi connectivity index (χ0) is 23.6. The van der Waals surface area contributed by atoms with E-state index in [2.05, 4.69) is 0 Å². The van der Waals surface area contributed by atoms with Crippen molar-refractivity contribution in [2.75, 3.05) is 0 Å². The third kappa shape index (κ3) is 5.24. The Bertz CT molecular complexity index is 885. The maximum absolute atomic E-state index is 13.9. The first kappa shape index (κ1) is 24.5. The first-order valence-electron chi connectivity index (χ1n) is 10.6. The lowest BCUT2D eigenvalue weighted by Crippen LogP contribution is -2.66. The number of hydrogen-bond donors (Lipinski definition) is 1. The molecule has 1 saturated carbocycles. The van der Waals surface area contributed by atoms with Crippen LogP contribution in [0.3, 0.4) is 0 Å². The van der Waals surface area contributed by atoms with Crippen LogP contribution in [0.15, 0.2) is 18.2 Å². The number of carboxylic acids is 1. The molecule has 3 rings (SSSR count). The summed E-state index contributed by atoms with van der Waals surface area (Å²) in [6.45, 7) is 0. The second-order valence-electron chi connectivity index (χ2n) is 8.52. The lowest BCUT2D eigenvalue weighted by Gasteiger charge is -2.44. The normalized spacial score (nSPS) is 23.0. The standard InChI is InChI=1S/C22H24ClF4NO4/c23-14-7-9-17(24)13(10-14)6-8-15-19(21(31)32)28(20(15)30)18(29)11-16(22(25,26)27)12-4-2-1-3-5-12/h7,9-10,12,15-16,19H,1-6,8,11H2,(H,31,32)/t15-,16+,19+/m1/s1. The van der Waals surface area contributed by atoms with Crippen molar-refractivity contribution >= 4 is 29.4 Å². The molecule has 3 atom stereocenters. The van der Waals surface area contributed by atoms with Crippen molar-refractivity contribution in [2.45, 2.75) is 63.6 Å². The minimum Gasteiger partial charge on any atom is -0.480 e. The minimum absolute atomic E-state index is 0.00185. The number of halogens is 5. The van der Waals surface area contributed by atoms with E-state index in [0.29, 0.717) is 30.6 Å². The Morgan fingerprint density at radius 3 is 2.44 bits per heavy atom. The molecular weight excluding hydrogens is 454 g/mol. The number of aryl methyl sites for hydroxylation is 1. The van der Waals surface area contributed by atoms with E-state index in [0.717, 1.165) is 12.5 Å². The molecule has 0 unspecified atom stereocenters. The van der Waals surface area contributed by atoms with E-state index < -0.39 is 60.0 Å². The molecule has 1 N–H and O–H groups in total. The van der Waals surface area contributed by atoms with E-state index in [-0.39, 0.29) is 23.4 Å². The molecule has 2 amide bonds. The summed E-state index contributed by atoms with van der Waals surface area (Å²) >= 11 is 5.83. The summed E-state index contributed by atoms with van der Waals surface area (Å²) in [6, 6.07) is 2.29. The highest BCUT2D eigenvalue weighted by molar-refractivity contribution is 6.30. The van der Waals surface area contributed by atoms with Crippen LogP contribution >= 0.6 is 11.6 Å².